The number of benzene rings is 1. The topological polar surface area (TPSA) is 26.0 Å². The van der Waals surface area contributed by atoms with Crippen LogP contribution in [0.2, 0.25) is 0 Å². The van der Waals surface area contributed by atoms with Gasteiger partial charge in [0.15, 0.2) is 0 Å². The van der Waals surface area contributed by atoms with E-state index in [1.807, 2.05) is 0 Å². The first kappa shape index (κ1) is 6.46. The molecule has 0 heterocycles. The molecule has 2 N–H and O–H groups in total. The molecule has 1 aromatic carbocycles. The van der Waals surface area contributed by atoms with Crippen LogP contribution in [0.25, 0.3) is 0 Å². The van der Waals surface area contributed by atoms with Crippen molar-refractivity contribution < 1.29 is 4.11 Å². The van der Waals surface area contributed by atoms with E-state index < -0.39 is 12.9 Å². The Balaban J connectivity index is 0.00000169. The summed E-state index contributed by atoms with van der Waals surface area (Å²) < 4.78 is 22.3. The summed E-state index contributed by atoms with van der Waals surface area (Å²) in [5.41, 5.74) is 6.17. The van der Waals surface area contributed by atoms with Crippen molar-refractivity contribution in [3.63, 3.8) is 0 Å². The highest BCUT2D eigenvalue weighted by Crippen LogP contribution is 2.14. The lowest BCUT2D eigenvalue weighted by Gasteiger charge is -2.03. The molecular weight excluding hydrogens is 225 g/mol. The highest BCUT2D eigenvalue weighted by molar-refractivity contribution is 9.10. The Bertz CT molecular complexity index is 286. The van der Waals surface area contributed by atoms with Gasteiger partial charge in [-0.25, -0.2) is 0 Å². The van der Waals surface area contributed by atoms with E-state index in [4.69, 9.17) is 9.85 Å². The Morgan fingerprint density at radius 3 is 2.45 bits per heavy atom. The summed E-state index contributed by atoms with van der Waals surface area (Å²) in [4.78, 5) is 0. The van der Waals surface area contributed by atoms with Crippen molar-refractivity contribution in [2.24, 2.45) is 5.73 Å². The predicted octanol–water partition coefficient (Wildman–Crippen LogP) is 2.89. The zero-order chi connectivity index (χ0) is 10.1. The third-order valence-corrected chi connectivity index (χ3v) is 1.76. The molecule has 1 atom stereocenters. The minimum atomic E-state index is -2.13. The molecule has 3 heteroatoms. The fourth-order valence-corrected chi connectivity index (χ4v) is 0.934. The van der Waals surface area contributed by atoms with Crippen LogP contribution >= 0.6 is 28.3 Å². The zero-order valence-electron chi connectivity index (χ0n) is 8.75. The van der Waals surface area contributed by atoms with Gasteiger partial charge in [0.25, 0.3) is 0 Å². The van der Waals surface area contributed by atoms with Gasteiger partial charge in [0.05, 0.1) is 0 Å². The average molecular weight is 240 g/mol. The van der Waals surface area contributed by atoms with Crippen molar-refractivity contribution in [2.45, 2.75) is 12.9 Å². The van der Waals surface area contributed by atoms with Gasteiger partial charge in [-0.15, -0.1) is 12.4 Å². The second-order valence-corrected chi connectivity index (χ2v) is 2.94. The summed E-state index contributed by atoms with van der Waals surface area (Å²) in [5.74, 6) is 0. The van der Waals surface area contributed by atoms with Crippen LogP contribution in [-0.2, 0) is 0 Å². The lowest BCUT2D eigenvalue weighted by atomic mass is 10.1. The first-order valence-electron chi connectivity index (χ1n) is 4.42. The van der Waals surface area contributed by atoms with E-state index in [2.05, 4.69) is 15.9 Å². The lowest BCUT2D eigenvalue weighted by molar-refractivity contribution is 0.818. The maximum Gasteiger partial charge on any atom is 0.0266 e. The fourth-order valence-electron chi connectivity index (χ4n) is 0.670. The van der Waals surface area contributed by atoms with Gasteiger partial charge in [0, 0.05) is 14.6 Å². The molecule has 0 saturated carbocycles. The van der Waals surface area contributed by atoms with Crippen LogP contribution < -0.4 is 5.73 Å². The number of hydrogen-bond acceptors (Lipinski definition) is 1. The van der Waals surface area contributed by atoms with Gasteiger partial charge in [0.2, 0.25) is 0 Å². The molecule has 1 nitrogen and oxygen atoms in total. The van der Waals surface area contributed by atoms with Gasteiger partial charge in [-0.05, 0) is 24.5 Å². The molecule has 1 aromatic rings. The molecule has 62 valence electrons. The van der Waals surface area contributed by atoms with Crippen molar-refractivity contribution >= 4 is 28.3 Å². The minimum absolute atomic E-state index is 0. The van der Waals surface area contributed by atoms with Crippen LogP contribution in [-0.4, -0.2) is 0 Å². The molecule has 0 unspecified atom stereocenters. The standard InChI is InChI=1S/C8H10BrN.ClH/c1-6(10)7-2-4-8(9)5-3-7;/h2-6H,10H2,1H3;1H/t6-;/m0./s1/i1D3;. The molecule has 0 radical (unpaired) electrons. The number of hydrogen-bond donors (Lipinski definition) is 1. The summed E-state index contributed by atoms with van der Waals surface area (Å²) in [7, 11) is 0. The third kappa shape index (κ3) is 3.23. The molecule has 0 fully saturated rings. The Hall–Kier alpha value is -0.0500. The molecule has 0 spiro atoms. The summed E-state index contributed by atoms with van der Waals surface area (Å²) >= 11 is 3.26. The van der Waals surface area contributed by atoms with E-state index >= 15 is 0 Å². The molecule has 0 aliphatic heterocycles. The zero-order valence-corrected chi connectivity index (χ0v) is 8.15. The van der Waals surface area contributed by atoms with Crippen LogP contribution in [0, 0.1) is 0 Å². The molecule has 0 aliphatic rings. The summed E-state index contributed by atoms with van der Waals surface area (Å²) in [6.07, 6.45) is 0. The highest BCUT2D eigenvalue weighted by Gasteiger charge is 1.96. The fraction of sp³-hybridized carbons (Fsp3) is 0.250. The van der Waals surface area contributed by atoms with Crippen LogP contribution in [0.1, 0.15) is 22.6 Å². The van der Waals surface area contributed by atoms with Gasteiger partial charge in [-0.2, -0.15) is 0 Å². The van der Waals surface area contributed by atoms with Crippen LogP contribution in [0.5, 0.6) is 0 Å². The van der Waals surface area contributed by atoms with Gasteiger partial charge < -0.3 is 5.73 Å². The van der Waals surface area contributed by atoms with Gasteiger partial charge in [-0.3, -0.25) is 0 Å². The maximum absolute atomic E-state index is 7.13. The Kier molecular flexibility index (Phi) is 2.79. The lowest BCUT2D eigenvalue weighted by Crippen LogP contribution is -2.03. The first-order chi connectivity index (χ1) is 5.91. The SMILES string of the molecule is Cl.[2H]C([2H])([2H])[C@H](N)c1ccc(Br)cc1. The molecule has 0 aliphatic carbocycles. The molecule has 0 aromatic heterocycles. The minimum Gasteiger partial charge on any atom is -0.324 e. The second kappa shape index (κ2) is 4.75. The molecule has 0 saturated heterocycles. The summed E-state index contributed by atoms with van der Waals surface area (Å²) in [5, 5.41) is 0. The van der Waals surface area contributed by atoms with Gasteiger partial charge in [0.1, 0.15) is 0 Å². The molecule has 1 rings (SSSR count). The molecule has 11 heavy (non-hydrogen) atoms. The molecule has 0 amide bonds. The number of halogens is 2. The quantitative estimate of drug-likeness (QED) is 0.801. The smallest absolute Gasteiger partial charge is 0.0266 e. The highest BCUT2D eigenvalue weighted by atomic mass is 79.9. The van der Waals surface area contributed by atoms with Gasteiger partial charge >= 0.3 is 0 Å². The first-order valence-corrected chi connectivity index (χ1v) is 3.71. The Labute approximate surface area is 85.7 Å². The average Bonchev–Trinajstić information content (AvgIpc) is 2.03. The van der Waals surface area contributed by atoms with E-state index in [1.165, 1.54) is 0 Å². The molecular formula is C8H11BrClN. The maximum atomic E-state index is 7.13. The van der Waals surface area contributed by atoms with E-state index in [-0.39, 0.29) is 12.4 Å². The van der Waals surface area contributed by atoms with Crippen LogP contribution in [0.4, 0.5) is 0 Å². The second-order valence-electron chi connectivity index (χ2n) is 2.03. The van der Waals surface area contributed by atoms with E-state index in [0.29, 0.717) is 5.56 Å². The van der Waals surface area contributed by atoms with Crippen molar-refractivity contribution in [3.05, 3.63) is 34.3 Å². The normalized spacial score (nSPS) is 17.1. The largest absolute Gasteiger partial charge is 0.324 e. The predicted molar refractivity (Wildman–Crippen MR) is 54.0 cm³/mol. The molecule has 0 bridgehead atoms. The summed E-state index contributed by atoms with van der Waals surface area (Å²) in [6, 6.07) is 6.07. The van der Waals surface area contributed by atoms with Crippen molar-refractivity contribution in [1.29, 1.82) is 0 Å². The van der Waals surface area contributed by atoms with E-state index in [1.54, 1.807) is 24.3 Å². The monoisotopic (exact) mass is 238 g/mol. The number of nitrogens with two attached hydrogens (primary N) is 1. The van der Waals surface area contributed by atoms with Crippen molar-refractivity contribution in [3.8, 4) is 0 Å². The van der Waals surface area contributed by atoms with Crippen LogP contribution in [0.15, 0.2) is 28.7 Å². The third-order valence-electron chi connectivity index (χ3n) is 1.23. The Morgan fingerprint density at radius 1 is 1.45 bits per heavy atom. The van der Waals surface area contributed by atoms with Crippen LogP contribution in [0.3, 0.4) is 0 Å². The van der Waals surface area contributed by atoms with E-state index in [0.717, 1.165) is 4.47 Å². The number of rotatable bonds is 1. The van der Waals surface area contributed by atoms with E-state index in [9.17, 15) is 0 Å². The summed E-state index contributed by atoms with van der Waals surface area (Å²) in [6.45, 7) is -2.13. The van der Waals surface area contributed by atoms with Crippen molar-refractivity contribution in [2.75, 3.05) is 0 Å². The van der Waals surface area contributed by atoms with Gasteiger partial charge in [-0.1, -0.05) is 28.1 Å². The van der Waals surface area contributed by atoms with Crippen molar-refractivity contribution in [1.82, 2.24) is 0 Å². The Morgan fingerprint density at radius 2 is 2.00 bits per heavy atom.